The van der Waals surface area contributed by atoms with Crippen LogP contribution in [0.2, 0.25) is 0 Å². The molecule has 0 unspecified atom stereocenters. The second-order valence-corrected chi connectivity index (χ2v) is 3.99. The van der Waals surface area contributed by atoms with Gasteiger partial charge >= 0.3 is 0 Å². The Labute approximate surface area is 76.1 Å². The zero-order chi connectivity index (χ0) is 9.03. The molecule has 1 fully saturated rings. The van der Waals surface area contributed by atoms with Gasteiger partial charge in [0.05, 0.1) is 0 Å². The summed E-state index contributed by atoms with van der Waals surface area (Å²) in [4.78, 5) is 2.52. The molecule has 0 amide bonds. The summed E-state index contributed by atoms with van der Waals surface area (Å²) in [5.41, 5.74) is 6.29. The third-order valence-corrected chi connectivity index (χ3v) is 3.55. The molecule has 1 aliphatic heterocycles. The number of nitrogens with zero attached hydrogens (tertiary/aromatic N) is 1. The van der Waals surface area contributed by atoms with E-state index in [1.54, 1.807) is 0 Å². The van der Waals surface area contributed by atoms with Gasteiger partial charge in [-0.2, -0.15) is 0 Å². The zero-order valence-electron chi connectivity index (χ0n) is 8.47. The van der Waals surface area contributed by atoms with Crippen LogP contribution in [0.25, 0.3) is 0 Å². The molecule has 0 aromatic carbocycles. The molecule has 1 heterocycles. The molecule has 0 radical (unpaired) electrons. The Balaban J connectivity index is 2.42. The minimum Gasteiger partial charge on any atom is -0.330 e. The molecule has 0 bridgehead atoms. The third kappa shape index (κ3) is 1.99. The Kier molecular flexibility index (Phi) is 3.53. The molecule has 2 N–H and O–H groups in total. The predicted molar refractivity (Wildman–Crippen MR) is 53.1 cm³/mol. The summed E-state index contributed by atoms with van der Waals surface area (Å²) in [7, 11) is 0. The average Bonchev–Trinajstić information content (AvgIpc) is 2.18. The van der Waals surface area contributed by atoms with Gasteiger partial charge in [0.2, 0.25) is 0 Å². The van der Waals surface area contributed by atoms with Gasteiger partial charge in [0, 0.05) is 0 Å². The first-order valence-electron chi connectivity index (χ1n) is 5.19. The summed E-state index contributed by atoms with van der Waals surface area (Å²) in [6.07, 6.45) is 3.85. The first-order valence-corrected chi connectivity index (χ1v) is 5.19. The largest absolute Gasteiger partial charge is 0.330 e. The van der Waals surface area contributed by atoms with Crippen LogP contribution in [0.1, 0.15) is 33.1 Å². The van der Waals surface area contributed by atoms with Gasteiger partial charge in [0.1, 0.15) is 0 Å². The molecule has 0 spiro atoms. The monoisotopic (exact) mass is 170 g/mol. The van der Waals surface area contributed by atoms with E-state index in [1.807, 2.05) is 0 Å². The highest BCUT2D eigenvalue weighted by atomic mass is 15.1. The van der Waals surface area contributed by atoms with Gasteiger partial charge in [-0.15, -0.1) is 0 Å². The summed E-state index contributed by atoms with van der Waals surface area (Å²) >= 11 is 0. The topological polar surface area (TPSA) is 29.3 Å². The van der Waals surface area contributed by atoms with Crippen molar-refractivity contribution in [3.63, 3.8) is 0 Å². The lowest BCUT2D eigenvalue weighted by molar-refractivity contribution is 0.110. The Hall–Kier alpha value is -0.0800. The number of likely N-dealkylation sites (tertiary alicyclic amines) is 1. The third-order valence-electron chi connectivity index (χ3n) is 3.55. The van der Waals surface area contributed by atoms with E-state index in [9.17, 15) is 0 Å². The summed E-state index contributed by atoms with van der Waals surface area (Å²) in [6, 6.07) is 0. The number of piperidine rings is 1. The van der Waals surface area contributed by atoms with Gasteiger partial charge in [-0.3, -0.25) is 0 Å². The molecular formula is C10H22N2. The van der Waals surface area contributed by atoms with Gasteiger partial charge < -0.3 is 10.6 Å². The molecule has 0 saturated carbocycles. The lowest BCUT2D eigenvalue weighted by Gasteiger charge is -2.40. The van der Waals surface area contributed by atoms with Crippen LogP contribution in [-0.2, 0) is 0 Å². The normalized spacial score (nSPS) is 24.2. The van der Waals surface area contributed by atoms with Crippen molar-refractivity contribution in [3.8, 4) is 0 Å². The van der Waals surface area contributed by atoms with Crippen LogP contribution in [-0.4, -0.2) is 31.1 Å². The zero-order valence-corrected chi connectivity index (χ0v) is 8.47. The number of hydrogen-bond acceptors (Lipinski definition) is 2. The molecule has 2 heteroatoms. The molecule has 0 atom stereocenters. The molecule has 0 aromatic rings. The van der Waals surface area contributed by atoms with Crippen LogP contribution >= 0.6 is 0 Å². The van der Waals surface area contributed by atoms with E-state index in [-0.39, 0.29) is 0 Å². The smallest absolute Gasteiger partial charge is 0.00131 e. The maximum Gasteiger partial charge on any atom is -0.00131 e. The molecular weight excluding hydrogens is 148 g/mol. The molecule has 1 aliphatic rings. The minimum atomic E-state index is 0.478. The van der Waals surface area contributed by atoms with Gasteiger partial charge in [-0.1, -0.05) is 13.8 Å². The van der Waals surface area contributed by atoms with Crippen molar-refractivity contribution in [3.05, 3.63) is 0 Å². The van der Waals surface area contributed by atoms with E-state index in [0.29, 0.717) is 5.41 Å². The second kappa shape index (κ2) is 4.24. The lowest BCUT2D eigenvalue weighted by atomic mass is 9.76. The average molecular weight is 170 g/mol. The van der Waals surface area contributed by atoms with Crippen molar-refractivity contribution < 1.29 is 0 Å². The maximum absolute atomic E-state index is 5.82. The van der Waals surface area contributed by atoms with E-state index in [2.05, 4.69) is 18.7 Å². The quantitative estimate of drug-likeness (QED) is 0.695. The number of rotatable bonds is 3. The van der Waals surface area contributed by atoms with Crippen LogP contribution in [0, 0.1) is 5.41 Å². The summed E-state index contributed by atoms with van der Waals surface area (Å²) < 4.78 is 0. The Morgan fingerprint density at radius 1 is 1.25 bits per heavy atom. The molecule has 1 rings (SSSR count). The predicted octanol–water partition coefficient (Wildman–Crippen LogP) is 1.46. The fourth-order valence-electron chi connectivity index (χ4n) is 2.05. The molecule has 12 heavy (non-hydrogen) atoms. The van der Waals surface area contributed by atoms with Crippen LogP contribution in [0.4, 0.5) is 0 Å². The fraction of sp³-hybridized carbons (Fsp3) is 1.00. The van der Waals surface area contributed by atoms with Crippen molar-refractivity contribution in [1.82, 2.24) is 4.90 Å². The Morgan fingerprint density at radius 3 is 2.17 bits per heavy atom. The van der Waals surface area contributed by atoms with Gasteiger partial charge in [-0.05, 0) is 50.9 Å². The Morgan fingerprint density at radius 2 is 1.83 bits per heavy atom. The lowest BCUT2D eigenvalue weighted by Crippen LogP contribution is -2.43. The SMILES string of the molecule is CCN1CCC(CC)(CN)CC1. The highest BCUT2D eigenvalue weighted by molar-refractivity contribution is 4.85. The molecule has 72 valence electrons. The van der Waals surface area contributed by atoms with Crippen LogP contribution in [0.3, 0.4) is 0 Å². The van der Waals surface area contributed by atoms with Crippen molar-refractivity contribution in [2.45, 2.75) is 33.1 Å². The van der Waals surface area contributed by atoms with Gasteiger partial charge in [0.15, 0.2) is 0 Å². The van der Waals surface area contributed by atoms with E-state index in [4.69, 9.17) is 5.73 Å². The van der Waals surface area contributed by atoms with Crippen LogP contribution in [0.5, 0.6) is 0 Å². The first kappa shape index (κ1) is 10.0. The highest BCUT2D eigenvalue weighted by Gasteiger charge is 2.30. The molecule has 2 nitrogen and oxygen atoms in total. The van der Waals surface area contributed by atoms with E-state index >= 15 is 0 Å². The van der Waals surface area contributed by atoms with Crippen molar-refractivity contribution in [2.24, 2.45) is 11.1 Å². The minimum absolute atomic E-state index is 0.478. The summed E-state index contributed by atoms with van der Waals surface area (Å²) in [6.45, 7) is 9.09. The van der Waals surface area contributed by atoms with Gasteiger partial charge in [0.25, 0.3) is 0 Å². The van der Waals surface area contributed by atoms with Crippen LogP contribution < -0.4 is 5.73 Å². The Bertz CT molecular complexity index is 120. The van der Waals surface area contributed by atoms with Crippen LogP contribution in [0.15, 0.2) is 0 Å². The maximum atomic E-state index is 5.82. The highest BCUT2D eigenvalue weighted by Crippen LogP contribution is 2.33. The van der Waals surface area contributed by atoms with E-state index in [0.717, 1.165) is 6.54 Å². The second-order valence-electron chi connectivity index (χ2n) is 3.99. The molecule has 0 aromatic heterocycles. The van der Waals surface area contributed by atoms with E-state index < -0.39 is 0 Å². The van der Waals surface area contributed by atoms with Crippen molar-refractivity contribution in [1.29, 1.82) is 0 Å². The fourth-order valence-corrected chi connectivity index (χ4v) is 2.05. The summed E-state index contributed by atoms with van der Waals surface area (Å²) in [5, 5.41) is 0. The number of nitrogens with two attached hydrogens (primary N) is 1. The van der Waals surface area contributed by atoms with Gasteiger partial charge in [-0.25, -0.2) is 0 Å². The molecule has 1 saturated heterocycles. The standard InChI is InChI=1S/C10H22N2/c1-3-10(9-11)5-7-12(4-2)8-6-10/h3-9,11H2,1-2H3. The molecule has 0 aliphatic carbocycles. The summed E-state index contributed by atoms with van der Waals surface area (Å²) in [5.74, 6) is 0. The van der Waals surface area contributed by atoms with Crippen molar-refractivity contribution in [2.75, 3.05) is 26.2 Å². The van der Waals surface area contributed by atoms with E-state index in [1.165, 1.54) is 38.9 Å². The number of hydrogen-bond donors (Lipinski definition) is 1. The van der Waals surface area contributed by atoms with Crippen molar-refractivity contribution >= 4 is 0 Å². The first-order chi connectivity index (χ1) is 5.76.